The van der Waals surface area contributed by atoms with Crippen LogP contribution in [0.25, 0.3) is 22.2 Å². The van der Waals surface area contributed by atoms with Crippen LogP contribution in [0.15, 0.2) is 78.9 Å². The zero-order valence-electron chi connectivity index (χ0n) is 19.1. The Bertz CT molecular complexity index is 1400. The highest BCUT2D eigenvalue weighted by atomic mass is 16.5. The third-order valence-electron chi connectivity index (χ3n) is 5.26. The molecule has 35 heavy (non-hydrogen) atoms. The number of pyridine rings is 1. The van der Waals surface area contributed by atoms with Gasteiger partial charge in [0, 0.05) is 10.9 Å². The molecule has 1 N–H and O–H groups in total. The standard InChI is InChI=1S/C27H22N2O6/c1-33-18-13-11-17(12-14-18)23-15-21(19-7-3-5-9-22(19)28-23)27(32)35-16-25(30)29-26(31)20-8-4-6-10-24(20)34-2/h3-15H,16H2,1-2H3,(H,29,30,31). The smallest absolute Gasteiger partial charge is 0.339 e. The monoisotopic (exact) mass is 470 g/mol. The molecule has 0 aliphatic carbocycles. The van der Waals surface area contributed by atoms with E-state index in [0.29, 0.717) is 28.1 Å². The molecule has 176 valence electrons. The molecule has 3 aromatic carbocycles. The van der Waals surface area contributed by atoms with Gasteiger partial charge in [0.1, 0.15) is 11.5 Å². The second-order valence-corrected chi connectivity index (χ2v) is 7.45. The molecule has 0 fully saturated rings. The number of methoxy groups -OCH3 is 2. The highest BCUT2D eigenvalue weighted by Crippen LogP contribution is 2.27. The van der Waals surface area contributed by atoms with E-state index in [1.54, 1.807) is 61.7 Å². The van der Waals surface area contributed by atoms with E-state index < -0.39 is 24.4 Å². The van der Waals surface area contributed by atoms with Crippen molar-refractivity contribution in [2.75, 3.05) is 20.8 Å². The average Bonchev–Trinajstić information content (AvgIpc) is 2.91. The summed E-state index contributed by atoms with van der Waals surface area (Å²) in [5.74, 6) is -1.10. The van der Waals surface area contributed by atoms with Gasteiger partial charge in [-0.1, -0.05) is 30.3 Å². The molecule has 4 rings (SSSR count). The van der Waals surface area contributed by atoms with Crippen LogP contribution >= 0.6 is 0 Å². The molecule has 0 saturated carbocycles. The van der Waals surface area contributed by atoms with Gasteiger partial charge in [0.25, 0.3) is 11.8 Å². The summed E-state index contributed by atoms with van der Waals surface area (Å²) in [6, 6.07) is 22.5. The third-order valence-corrected chi connectivity index (χ3v) is 5.26. The van der Waals surface area contributed by atoms with Crippen molar-refractivity contribution in [3.63, 3.8) is 0 Å². The Kier molecular flexibility index (Phi) is 7.02. The van der Waals surface area contributed by atoms with Gasteiger partial charge in [-0.05, 0) is 48.5 Å². The fourth-order valence-electron chi connectivity index (χ4n) is 3.53. The number of benzene rings is 3. The van der Waals surface area contributed by atoms with Crippen LogP contribution in [0, 0.1) is 0 Å². The molecule has 2 amide bonds. The van der Waals surface area contributed by atoms with Crippen molar-refractivity contribution in [1.29, 1.82) is 0 Å². The van der Waals surface area contributed by atoms with Crippen LogP contribution in [-0.2, 0) is 9.53 Å². The molecular formula is C27H22N2O6. The van der Waals surface area contributed by atoms with E-state index in [1.807, 2.05) is 18.2 Å². The van der Waals surface area contributed by atoms with Gasteiger partial charge in [-0.3, -0.25) is 14.9 Å². The van der Waals surface area contributed by atoms with Crippen LogP contribution in [0.1, 0.15) is 20.7 Å². The number of carbonyl (C=O) groups excluding carboxylic acids is 3. The van der Waals surface area contributed by atoms with Crippen LogP contribution in [-0.4, -0.2) is 43.6 Å². The first-order valence-corrected chi connectivity index (χ1v) is 10.7. The molecule has 4 aromatic rings. The number of hydrogen-bond donors (Lipinski definition) is 1. The van der Waals surface area contributed by atoms with E-state index >= 15 is 0 Å². The second-order valence-electron chi connectivity index (χ2n) is 7.45. The van der Waals surface area contributed by atoms with Crippen molar-refractivity contribution in [2.24, 2.45) is 0 Å². The molecule has 8 nitrogen and oxygen atoms in total. The summed E-state index contributed by atoms with van der Waals surface area (Å²) in [7, 11) is 3.01. The minimum Gasteiger partial charge on any atom is -0.497 e. The number of nitrogens with zero attached hydrogens (tertiary/aromatic N) is 1. The molecule has 0 spiro atoms. The first-order valence-electron chi connectivity index (χ1n) is 10.7. The fraction of sp³-hybridized carbons (Fsp3) is 0.111. The number of esters is 1. The highest BCUT2D eigenvalue weighted by Gasteiger charge is 2.19. The van der Waals surface area contributed by atoms with E-state index in [4.69, 9.17) is 14.2 Å². The first-order chi connectivity index (χ1) is 17.0. The lowest BCUT2D eigenvalue weighted by molar-refractivity contribution is -0.123. The normalized spacial score (nSPS) is 10.5. The molecular weight excluding hydrogens is 448 g/mol. The molecule has 0 radical (unpaired) electrons. The molecule has 0 aliphatic heterocycles. The van der Waals surface area contributed by atoms with Crippen LogP contribution in [0.3, 0.4) is 0 Å². The summed E-state index contributed by atoms with van der Waals surface area (Å²) >= 11 is 0. The van der Waals surface area contributed by atoms with E-state index in [2.05, 4.69) is 10.3 Å². The maximum absolute atomic E-state index is 12.9. The first kappa shape index (κ1) is 23.4. The summed E-state index contributed by atoms with van der Waals surface area (Å²) < 4.78 is 15.6. The number of ether oxygens (including phenoxy) is 3. The molecule has 1 heterocycles. The average molecular weight is 470 g/mol. The van der Waals surface area contributed by atoms with Crippen LogP contribution in [0.2, 0.25) is 0 Å². The molecule has 0 bridgehead atoms. The number of amides is 2. The number of nitrogens with one attached hydrogen (secondary N) is 1. The van der Waals surface area contributed by atoms with Gasteiger partial charge in [-0.15, -0.1) is 0 Å². The Morgan fingerprint density at radius 1 is 0.829 bits per heavy atom. The van der Waals surface area contributed by atoms with Crippen molar-refractivity contribution >= 4 is 28.7 Å². The lowest BCUT2D eigenvalue weighted by Gasteiger charge is -2.11. The van der Waals surface area contributed by atoms with Crippen molar-refractivity contribution < 1.29 is 28.6 Å². The highest BCUT2D eigenvalue weighted by molar-refractivity contribution is 6.08. The van der Waals surface area contributed by atoms with Gasteiger partial charge in [0.15, 0.2) is 6.61 Å². The fourth-order valence-corrected chi connectivity index (χ4v) is 3.53. The topological polar surface area (TPSA) is 104 Å². The maximum Gasteiger partial charge on any atom is 0.339 e. The zero-order chi connectivity index (χ0) is 24.8. The second kappa shape index (κ2) is 10.5. The Labute approximate surface area is 201 Å². The van der Waals surface area contributed by atoms with E-state index in [0.717, 1.165) is 5.56 Å². The SMILES string of the molecule is COc1ccc(-c2cc(C(=O)OCC(=O)NC(=O)c3ccccc3OC)c3ccccc3n2)cc1. The quantitative estimate of drug-likeness (QED) is 0.407. The maximum atomic E-state index is 12.9. The lowest BCUT2D eigenvalue weighted by atomic mass is 10.0. The van der Waals surface area contributed by atoms with E-state index in [9.17, 15) is 14.4 Å². The molecule has 0 atom stereocenters. The number of rotatable bonds is 7. The molecule has 0 aliphatic rings. The van der Waals surface area contributed by atoms with Crippen molar-refractivity contribution in [1.82, 2.24) is 10.3 Å². The van der Waals surface area contributed by atoms with Crippen molar-refractivity contribution in [3.8, 4) is 22.8 Å². The van der Waals surface area contributed by atoms with Crippen LogP contribution < -0.4 is 14.8 Å². The minimum atomic E-state index is -0.761. The predicted molar refractivity (Wildman–Crippen MR) is 129 cm³/mol. The summed E-state index contributed by atoms with van der Waals surface area (Å²) in [6.07, 6.45) is 0. The number of aromatic nitrogens is 1. The minimum absolute atomic E-state index is 0.193. The van der Waals surface area contributed by atoms with Crippen molar-refractivity contribution in [2.45, 2.75) is 0 Å². The number of para-hydroxylation sites is 2. The Morgan fingerprint density at radius 2 is 1.54 bits per heavy atom. The Morgan fingerprint density at radius 3 is 2.29 bits per heavy atom. The van der Waals surface area contributed by atoms with E-state index in [1.165, 1.54) is 13.2 Å². The van der Waals surface area contributed by atoms with Gasteiger partial charge < -0.3 is 14.2 Å². The molecule has 1 aromatic heterocycles. The number of imide groups is 1. The number of hydrogen-bond acceptors (Lipinski definition) is 7. The van der Waals surface area contributed by atoms with Gasteiger partial charge >= 0.3 is 5.97 Å². The van der Waals surface area contributed by atoms with Gasteiger partial charge in [-0.25, -0.2) is 9.78 Å². The van der Waals surface area contributed by atoms with Gasteiger partial charge in [-0.2, -0.15) is 0 Å². The number of carbonyl (C=O) groups is 3. The Balaban J connectivity index is 1.52. The lowest BCUT2D eigenvalue weighted by Crippen LogP contribution is -2.34. The predicted octanol–water partition coefficient (Wildman–Crippen LogP) is 4.03. The van der Waals surface area contributed by atoms with Gasteiger partial charge in [0.05, 0.1) is 36.6 Å². The molecule has 0 saturated heterocycles. The molecule has 8 heteroatoms. The third kappa shape index (κ3) is 5.27. The summed E-state index contributed by atoms with van der Waals surface area (Å²) in [5, 5.41) is 2.79. The summed E-state index contributed by atoms with van der Waals surface area (Å²) in [5.41, 5.74) is 2.40. The summed E-state index contributed by atoms with van der Waals surface area (Å²) in [6.45, 7) is -0.631. The van der Waals surface area contributed by atoms with Crippen molar-refractivity contribution in [3.05, 3.63) is 90.0 Å². The van der Waals surface area contributed by atoms with Crippen LogP contribution in [0.4, 0.5) is 0 Å². The molecule has 0 unspecified atom stereocenters. The van der Waals surface area contributed by atoms with Crippen LogP contribution in [0.5, 0.6) is 11.5 Å². The number of fused-ring (bicyclic) bond motifs is 1. The summed E-state index contributed by atoms with van der Waals surface area (Å²) in [4.78, 5) is 42.3. The van der Waals surface area contributed by atoms with E-state index in [-0.39, 0.29) is 11.1 Å². The Hall–Kier alpha value is -4.72. The largest absolute Gasteiger partial charge is 0.497 e. The van der Waals surface area contributed by atoms with Gasteiger partial charge in [0.2, 0.25) is 0 Å². The zero-order valence-corrected chi connectivity index (χ0v) is 19.1.